The molecule has 0 spiro atoms. The van der Waals surface area contributed by atoms with Crippen LogP contribution in [-0.2, 0) is 14.3 Å². The van der Waals surface area contributed by atoms with Crippen molar-refractivity contribution in [2.45, 2.75) is 38.3 Å². The monoisotopic (exact) mass is 473 g/mol. The fourth-order valence-electron chi connectivity index (χ4n) is 4.90. The topological polar surface area (TPSA) is 73.3 Å². The molecule has 34 heavy (non-hydrogen) atoms. The van der Waals surface area contributed by atoms with Crippen molar-refractivity contribution in [3.05, 3.63) is 47.3 Å². The van der Waals surface area contributed by atoms with Gasteiger partial charge in [0.25, 0.3) is 0 Å². The molecule has 3 aliphatic rings. The van der Waals surface area contributed by atoms with Crippen molar-refractivity contribution in [1.82, 2.24) is 14.7 Å². The van der Waals surface area contributed by atoms with Crippen molar-refractivity contribution in [2.75, 3.05) is 59.0 Å². The number of carbonyl (C=O) groups is 2. The van der Waals surface area contributed by atoms with E-state index in [2.05, 4.69) is 15.9 Å². The highest BCUT2D eigenvalue weighted by Crippen LogP contribution is 2.39. The lowest BCUT2D eigenvalue weighted by molar-refractivity contribution is -0.144. The maximum absolute atomic E-state index is 14.7. The summed E-state index contributed by atoms with van der Waals surface area (Å²) in [4.78, 5) is 31.3. The van der Waals surface area contributed by atoms with E-state index in [0.29, 0.717) is 44.8 Å². The van der Waals surface area contributed by atoms with Gasteiger partial charge in [0.2, 0.25) is 0 Å². The van der Waals surface area contributed by atoms with E-state index in [1.165, 1.54) is 6.07 Å². The molecule has 186 valence electrons. The molecule has 7 nitrogen and oxygen atoms in total. The zero-order valence-corrected chi connectivity index (χ0v) is 20.0. The van der Waals surface area contributed by atoms with Crippen LogP contribution in [0.2, 0.25) is 0 Å². The SMILES string of the molecule is CCOC(=O)CN1CCN(C/C=C2\CN(C(C(=O)C3CC3)c3ccccc3F)CCC2O)CC1. The molecular formula is C26H36FN3O4. The molecule has 1 N–H and O–H groups in total. The van der Waals surface area contributed by atoms with E-state index in [1.807, 2.05) is 11.8 Å². The third-order valence-electron chi connectivity index (χ3n) is 7.05. The van der Waals surface area contributed by atoms with E-state index in [4.69, 9.17) is 4.74 Å². The first-order valence-electron chi connectivity index (χ1n) is 12.5. The zero-order valence-electron chi connectivity index (χ0n) is 20.0. The maximum Gasteiger partial charge on any atom is 0.320 e. The van der Waals surface area contributed by atoms with Crippen LogP contribution in [-0.4, -0.2) is 96.6 Å². The van der Waals surface area contributed by atoms with E-state index < -0.39 is 12.1 Å². The summed E-state index contributed by atoms with van der Waals surface area (Å²) >= 11 is 0. The van der Waals surface area contributed by atoms with Gasteiger partial charge in [-0.2, -0.15) is 0 Å². The summed E-state index contributed by atoms with van der Waals surface area (Å²) in [5.41, 5.74) is 1.33. The van der Waals surface area contributed by atoms with Crippen LogP contribution in [0.15, 0.2) is 35.9 Å². The summed E-state index contributed by atoms with van der Waals surface area (Å²) in [6.45, 7) is 7.51. The smallest absolute Gasteiger partial charge is 0.320 e. The van der Waals surface area contributed by atoms with Crippen LogP contribution in [0, 0.1) is 11.7 Å². The number of nitrogens with zero attached hydrogens (tertiary/aromatic N) is 3. The van der Waals surface area contributed by atoms with Crippen LogP contribution >= 0.6 is 0 Å². The van der Waals surface area contributed by atoms with Crippen LogP contribution < -0.4 is 0 Å². The second-order valence-electron chi connectivity index (χ2n) is 9.54. The predicted molar refractivity (Wildman–Crippen MR) is 127 cm³/mol. The molecule has 1 aromatic rings. The van der Waals surface area contributed by atoms with E-state index in [0.717, 1.165) is 44.6 Å². The number of halogens is 1. The molecular weight excluding hydrogens is 437 g/mol. The Morgan fingerprint density at radius 1 is 1.12 bits per heavy atom. The van der Waals surface area contributed by atoms with Gasteiger partial charge in [-0.3, -0.25) is 24.3 Å². The Morgan fingerprint density at radius 2 is 1.82 bits per heavy atom. The summed E-state index contributed by atoms with van der Waals surface area (Å²) in [6.07, 6.45) is 3.81. The predicted octanol–water partition coefficient (Wildman–Crippen LogP) is 2.02. The highest BCUT2D eigenvalue weighted by atomic mass is 19.1. The number of ether oxygens (including phenoxy) is 1. The molecule has 3 fully saturated rings. The van der Waals surface area contributed by atoms with Crippen LogP contribution in [0.5, 0.6) is 0 Å². The molecule has 0 aromatic heterocycles. The summed E-state index contributed by atoms with van der Waals surface area (Å²) in [5.74, 6) is -0.416. The van der Waals surface area contributed by atoms with Gasteiger partial charge in [-0.1, -0.05) is 24.3 Å². The molecule has 4 rings (SSSR count). The first-order chi connectivity index (χ1) is 16.5. The van der Waals surface area contributed by atoms with Crippen molar-refractivity contribution in [1.29, 1.82) is 0 Å². The van der Waals surface area contributed by atoms with E-state index in [1.54, 1.807) is 18.2 Å². The first-order valence-corrected chi connectivity index (χ1v) is 12.5. The number of benzene rings is 1. The van der Waals surface area contributed by atoms with Crippen molar-refractivity contribution >= 4 is 11.8 Å². The Labute approximate surface area is 201 Å². The fourth-order valence-corrected chi connectivity index (χ4v) is 4.90. The minimum atomic E-state index is -0.601. The summed E-state index contributed by atoms with van der Waals surface area (Å²) < 4.78 is 19.7. The zero-order chi connectivity index (χ0) is 24.1. The number of rotatable bonds is 9. The minimum absolute atomic E-state index is 0.0230. The van der Waals surface area contributed by atoms with Gasteiger partial charge in [0, 0.05) is 57.3 Å². The molecule has 0 radical (unpaired) electrons. The largest absolute Gasteiger partial charge is 0.465 e. The average Bonchev–Trinajstić information content (AvgIpc) is 3.67. The van der Waals surface area contributed by atoms with Crippen molar-refractivity contribution in [3.63, 3.8) is 0 Å². The molecule has 8 heteroatoms. The number of carbonyl (C=O) groups excluding carboxylic acids is 2. The van der Waals surface area contributed by atoms with Crippen LogP contribution in [0.1, 0.15) is 37.8 Å². The third kappa shape index (κ3) is 6.30. The quantitative estimate of drug-likeness (QED) is 0.435. The van der Waals surface area contributed by atoms with Gasteiger partial charge < -0.3 is 9.84 Å². The second-order valence-corrected chi connectivity index (χ2v) is 9.54. The van der Waals surface area contributed by atoms with Gasteiger partial charge in [0.15, 0.2) is 5.78 Å². The van der Waals surface area contributed by atoms with Crippen LogP contribution in [0.3, 0.4) is 0 Å². The van der Waals surface area contributed by atoms with Gasteiger partial charge in [-0.05, 0) is 37.8 Å². The Hall–Kier alpha value is -2.13. The number of likely N-dealkylation sites (tertiary alicyclic amines) is 1. The standard InChI is InChI=1S/C26H36FN3O4/c1-2-34-24(32)18-29-15-13-28(14-16-29)11-9-20-17-30(12-10-23(20)31)25(26(33)19-7-8-19)21-5-3-4-6-22(21)27/h3-6,9,19,23,25,31H,2,7-8,10-18H2,1H3/b20-9+. The molecule has 2 saturated heterocycles. The average molecular weight is 474 g/mol. The minimum Gasteiger partial charge on any atom is -0.465 e. The van der Waals surface area contributed by atoms with E-state index >= 15 is 0 Å². The van der Waals surface area contributed by atoms with Gasteiger partial charge in [0.05, 0.1) is 25.3 Å². The molecule has 2 atom stereocenters. The number of aliphatic hydroxyl groups excluding tert-OH is 1. The normalized spacial score (nSPS) is 24.8. The number of Topliss-reactive ketones (excluding diaryl/α,β-unsaturated/α-hetero) is 1. The number of aliphatic hydroxyl groups is 1. The molecule has 1 saturated carbocycles. The van der Waals surface area contributed by atoms with Gasteiger partial charge >= 0.3 is 5.97 Å². The summed E-state index contributed by atoms with van der Waals surface area (Å²) in [6, 6.07) is 5.96. The summed E-state index contributed by atoms with van der Waals surface area (Å²) in [7, 11) is 0. The Balaban J connectivity index is 1.38. The number of hydrogen-bond acceptors (Lipinski definition) is 7. The number of esters is 1. The number of piperidine rings is 1. The van der Waals surface area contributed by atoms with Crippen molar-refractivity contribution < 1.29 is 23.8 Å². The van der Waals surface area contributed by atoms with Gasteiger partial charge in [-0.15, -0.1) is 0 Å². The molecule has 1 aromatic carbocycles. The van der Waals surface area contributed by atoms with Gasteiger partial charge in [-0.25, -0.2) is 4.39 Å². The Morgan fingerprint density at radius 3 is 2.50 bits per heavy atom. The van der Waals surface area contributed by atoms with Crippen LogP contribution in [0.25, 0.3) is 0 Å². The molecule has 2 aliphatic heterocycles. The number of piperazine rings is 1. The Kier molecular flexibility index (Phi) is 8.47. The van der Waals surface area contributed by atoms with Crippen LogP contribution in [0.4, 0.5) is 4.39 Å². The van der Waals surface area contributed by atoms with Crippen molar-refractivity contribution in [3.8, 4) is 0 Å². The third-order valence-corrected chi connectivity index (χ3v) is 7.05. The molecule has 1 aliphatic carbocycles. The molecule has 2 unspecified atom stereocenters. The number of hydrogen-bond donors (Lipinski definition) is 1. The van der Waals surface area contributed by atoms with Crippen molar-refractivity contribution in [2.24, 2.45) is 5.92 Å². The van der Waals surface area contributed by atoms with E-state index in [9.17, 15) is 19.1 Å². The first kappa shape index (κ1) is 25.0. The molecule has 0 bridgehead atoms. The maximum atomic E-state index is 14.7. The lowest BCUT2D eigenvalue weighted by Crippen LogP contribution is -2.48. The second kappa shape index (κ2) is 11.5. The molecule has 2 heterocycles. The Bertz CT molecular complexity index is 896. The molecule has 0 amide bonds. The summed E-state index contributed by atoms with van der Waals surface area (Å²) in [5, 5.41) is 10.6. The lowest BCUT2D eigenvalue weighted by Gasteiger charge is -2.38. The van der Waals surface area contributed by atoms with Gasteiger partial charge in [0.1, 0.15) is 5.82 Å². The highest BCUT2D eigenvalue weighted by molar-refractivity contribution is 5.89. The van der Waals surface area contributed by atoms with E-state index in [-0.39, 0.29) is 23.5 Å². The number of ketones is 1. The highest BCUT2D eigenvalue weighted by Gasteiger charge is 2.41. The fraction of sp³-hybridized carbons (Fsp3) is 0.615. The lowest BCUT2D eigenvalue weighted by atomic mass is 9.92.